The molecule has 130 valence electrons. The van der Waals surface area contributed by atoms with E-state index in [1.165, 1.54) is 0 Å². The summed E-state index contributed by atoms with van der Waals surface area (Å²) in [5.74, 6) is 1.08. The molecule has 2 N–H and O–H groups in total. The molecule has 0 spiro atoms. The molecule has 7 heteroatoms. The Morgan fingerprint density at radius 3 is 2.96 bits per heavy atom. The number of nitrogens with one attached hydrogen (secondary N) is 2. The lowest BCUT2D eigenvalue weighted by atomic mass is 10.1. The minimum absolute atomic E-state index is 0.138. The number of aromatic amines is 1. The van der Waals surface area contributed by atoms with Crippen LogP contribution in [0.15, 0.2) is 58.5 Å². The number of thiophene rings is 1. The van der Waals surface area contributed by atoms with Crippen molar-refractivity contribution in [1.82, 2.24) is 15.2 Å². The quantitative estimate of drug-likeness (QED) is 0.553. The Morgan fingerprint density at radius 1 is 1.27 bits per heavy atom. The van der Waals surface area contributed by atoms with Gasteiger partial charge in [-0.05, 0) is 36.6 Å². The molecule has 0 aliphatic carbocycles. The number of aryl methyl sites for hydroxylation is 1. The van der Waals surface area contributed by atoms with Gasteiger partial charge in [0, 0.05) is 17.4 Å². The highest BCUT2D eigenvalue weighted by molar-refractivity contribution is 7.13. The van der Waals surface area contributed by atoms with Gasteiger partial charge in [-0.2, -0.15) is 5.10 Å². The molecule has 0 unspecified atom stereocenters. The fourth-order valence-corrected chi connectivity index (χ4v) is 3.29. The molecule has 4 rings (SSSR count). The van der Waals surface area contributed by atoms with Crippen molar-refractivity contribution in [3.05, 3.63) is 65.5 Å². The number of oxazole rings is 1. The molecule has 0 aliphatic rings. The third kappa shape index (κ3) is 3.43. The van der Waals surface area contributed by atoms with Crippen molar-refractivity contribution in [1.29, 1.82) is 0 Å². The number of hydrogen-bond acceptors (Lipinski definition) is 5. The molecule has 26 heavy (non-hydrogen) atoms. The lowest BCUT2D eigenvalue weighted by Crippen LogP contribution is -2.15. The molecule has 0 fully saturated rings. The zero-order valence-electron chi connectivity index (χ0n) is 14.0. The summed E-state index contributed by atoms with van der Waals surface area (Å²) in [7, 11) is 0. The summed E-state index contributed by atoms with van der Waals surface area (Å²) in [5, 5.41) is 11.7. The van der Waals surface area contributed by atoms with Crippen molar-refractivity contribution in [3.8, 4) is 22.0 Å². The van der Waals surface area contributed by atoms with Gasteiger partial charge in [-0.3, -0.25) is 9.89 Å². The molecule has 0 saturated carbocycles. The molecule has 0 aliphatic heterocycles. The van der Waals surface area contributed by atoms with Crippen LogP contribution in [0.2, 0.25) is 0 Å². The minimum atomic E-state index is -0.138. The molecule has 3 heterocycles. The molecule has 6 nitrogen and oxygen atoms in total. The molecule has 0 bridgehead atoms. The topological polar surface area (TPSA) is 83.8 Å². The average Bonchev–Trinajstić information content (AvgIpc) is 3.37. The molecule has 0 radical (unpaired) electrons. The van der Waals surface area contributed by atoms with Gasteiger partial charge in [-0.1, -0.05) is 18.2 Å². The van der Waals surface area contributed by atoms with Gasteiger partial charge in [-0.25, -0.2) is 4.98 Å². The first-order chi connectivity index (χ1) is 12.7. The van der Waals surface area contributed by atoms with Crippen LogP contribution in [0.1, 0.15) is 11.5 Å². The maximum atomic E-state index is 12.4. The van der Waals surface area contributed by atoms with Gasteiger partial charge in [0.05, 0.1) is 22.7 Å². The Morgan fingerprint density at radius 2 is 2.19 bits per heavy atom. The second-order valence-corrected chi connectivity index (χ2v) is 6.72. The fraction of sp³-hybridized carbons (Fsp3) is 0.105. The van der Waals surface area contributed by atoms with Crippen LogP contribution in [0.3, 0.4) is 0 Å². The number of H-pyrrole nitrogens is 1. The first-order valence-electron chi connectivity index (χ1n) is 8.09. The van der Waals surface area contributed by atoms with Crippen LogP contribution in [0, 0.1) is 6.92 Å². The second-order valence-electron chi connectivity index (χ2n) is 5.78. The van der Waals surface area contributed by atoms with Crippen LogP contribution in [0.25, 0.3) is 22.0 Å². The first-order valence-corrected chi connectivity index (χ1v) is 8.97. The summed E-state index contributed by atoms with van der Waals surface area (Å²) in [6, 6.07) is 13.4. The van der Waals surface area contributed by atoms with Crippen LogP contribution in [-0.4, -0.2) is 21.1 Å². The molecular formula is C19H16N4O2S. The summed E-state index contributed by atoms with van der Waals surface area (Å²) < 4.78 is 5.69. The smallest absolute Gasteiger partial charge is 0.236 e. The maximum absolute atomic E-state index is 12.4. The summed E-state index contributed by atoms with van der Waals surface area (Å²) >= 11 is 1.55. The molecule has 0 atom stereocenters. The van der Waals surface area contributed by atoms with Crippen molar-refractivity contribution in [2.75, 3.05) is 5.32 Å². The minimum Gasteiger partial charge on any atom is -0.440 e. The molecule has 1 amide bonds. The number of hydrogen-bond donors (Lipinski definition) is 2. The van der Waals surface area contributed by atoms with Gasteiger partial charge < -0.3 is 9.73 Å². The fourth-order valence-electron chi connectivity index (χ4n) is 2.64. The Hall–Kier alpha value is -3.19. The Bertz CT molecular complexity index is 1020. The number of nitrogens with zero attached hydrogens (tertiary/aromatic N) is 2. The van der Waals surface area contributed by atoms with Crippen molar-refractivity contribution in [2.45, 2.75) is 13.3 Å². The van der Waals surface area contributed by atoms with Crippen LogP contribution in [0.4, 0.5) is 5.69 Å². The van der Waals surface area contributed by atoms with Gasteiger partial charge in [0.2, 0.25) is 11.8 Å². The summed E-state index contributed by atoms with van der Waals surface area (Å²) in [6.45, 7) is 1.82. The normalized spacial score (nSPS) is 10.8. The van der Waals surface area contributed by atoms with Crippen molar-refractivity contribution >= 4 is 22.9 Å². The number of amides is 1. The van der Waals surface area contributed by atoms with E-state index in [-0.39, 0.29) is 12.3 Å². The Kier molecular flexibility index (Phi) is 4.37. The van der Waals surface area contributed by atoms with Crippen molar-refractivity contribution in [2.24, 2.45) is 0 Å². The van der Waals surface area contributed by atoms with E-state index in [2.05, 4.69) is 20.5 Å². The van der Waals surface area contributed by atoms with Gasteiger partial charge in [0.15, 0.2) is 0 Å². The second kappa shape index (κ2) is 6.97. The van der Waals surface area contributed by atoms with Crippen LogP contribution < -0.4 is 5.32 Å². The van der Waals surface area contributed by atoms with Gasteiger partial charge in [0.1, 0.15) is 5.76 Å². The Labute approximate surface area is 153 Å². The number of aromatic nitrogens is 3. The zero-order chi connectivity index (χ0) is 17.9. The van der Waals surface area contributed by atoms with Gasteiger partial charge >= 0.3 is 0 Å². The lowest BCUT2D eigenvalue weighted by Gasteiger charge is -2.06. The third-order valence-electron chi connectivity index (χ3n) is 3.91. The number of benzene rings is 1. The van der Waals surface area contributed by atoms with E-state index < -0.39 is 0 Å². The molecule has 0 saturated heterocycles. The lowest BCUT2D eigenvalue weighted by molar-refractivity contribution is -0.115. The number of anilines is 1. The van der Waals surface area contributed by atoms with E-state index in [0.717, 1.165) is 21.8 Å². The predicted molar refractivity (Wildman–Crippen MR) is 101 cm³/mol. The maximum Gasteiger partial charge on any atom is 0.236 e. The molecule has 3 aromatic heterocycles. The van der Waals surface area contributed by atoms with E-state index in [0.29, 0.717) is 17.3 Å². The largest absolute Gasteiger partial charge is 0.440 e. The van der Waals surface area contributed by atoms with E-state index in [1.54, 1.807) is 17.5 Å². The highest BCUT2D eigenvalue weighted by Crippen LogP contribution is 2.26. The summed E-state index contributed by atoms with van der Waals surface area (Å²) in [6.07, 6.45) is 1.86. The van der Waals surface area contributed by atoms with Crippen molar-refractivity contribution < 1.29 is 9.21 Å². The van der Waals surface area contributed by atoms with E-state index in [9.17, 15) is 4.79 Å². The van der Waals surface area contributed by atoms with E-state index >= 15 is 0 Å². The third-order valence-corrected chi connectivity index (χ3v) is 4.77. The SMILES string of the molecule is Cc1oc(-c2cccs2)nc1CC(=O)Nc1cccc(-c2ccn[nH]2)c1. The standard InChI is InChI=1S/C19H16N4O2S/c1-12-16(22-19(25-12)17-6-3-9-26-17)11-18(24)21-14-5-2-4-13(10-14)15-7-8-20-23-15/h2-10H,11H2,1H3,(H,20,23)(H,21,24). The van der Waals surface area contributed by atoms with Gasteiger partial charge in [0.25, 0.3) is 0 Å². The first kappa shape index (κ1) is 16.3. The number of carbonyl (C=O) groups excluding carboxylic acids is 1. The zero-order valence-corrected chi connectivity index (χ0v) is 14.8. The van der Waals surface area contributed by atoms with E-state index in [1.807, 2.05) is 54.8 Å². The average molecular weight is 364 g/mol. The summed E-state index contributed by atoms with van der Waals surface area (Å²) in [4.78, 5) is 17.8. The highest BCUT2D eigenvalue weighted by Gasteiger charge is 2.15. The van der Waals surface area contributed by atoms with Crippen molar-refractivity contribution in [3.63, 3.8) is 0 Å². The Balaban J connectivity index is 1.47. The monoisotopic (exact) mass is 364 g/mol. The van der Waals surface area contributed by atoms with Crippen LogP contribution in [0.5, 0.6) is 0 Å². The summed E-state index contributed by atoms with van der Waals surface area (Å²) in [5.41, 5.74) is 3.23. The van der Waals surface area contributed by atoms with E-state index in [4.69, 9.17) is 4.42 Å². The van der Waals surface area contributed by atoms with Crippen LogP contribution >= 0.6 is 11.3 Å². The molecular weight excluding hydrogens is 348 g/mol. The van der Waals surface area contributed by atoms with Crippen LogP contribution in [-0.2, 0) is 11.2 Å². The highest BCUT2D eigenvalue weighted by atomic mass is 32.1. The predicted octanol–water partition coefficient (Wildman–Crippen LogP) is 4.28. The molecule has 4 aromatic rings. The number of carbonyl (C=O) groups is 1. The number of rotatable bonds is 5. The molecule has 1 aromatic carbocycles. The van der Waals surface area contributed by atoms with Gasteiger partial charge in [-0.15, -0.1) is 11.3 Å².